The molecule has 3 aromatic rings. The van der Waals surface area contributed by atoms with E-state index in [9.17, 15) is 14.7 Å². The standard InChI is InChI=1S/C28H33N5O4/c1-18-8-5-6-11-22(18)23-17-29-27(33(4)20-9-7-10-20)31-25(23)30-24(26(34)35)16-19-12-14-21(15-13-19)37-28(36)32(2)3/h5-6,8,11-15,17,20,24H,7,9-10,16H2,1-4H3,(H,34,35)(H,29,30,31)/t24-/m0/s1. The number of nitrogens with one attached hydrogen (secondary N) is 1. The van der Waals surface area contributed by atoms with Gasteiger partial charge in [-0.3, -0.25) is 0 Å². The van der Waals surface area contributed by atoms with E-state index in [0.717, 1.165) is 35.1 Å². The van der Waals surface area contributed by atoms with Gasteiger partial charge in [0, 0.05) is 45.4 Å². The van der Waals surface area contributed by atoms with Crippen LogP contribution in [0.1, 0.15) is 30.4 Å². The highest BCUT2D eigenvalue weighted by molar-refractivity contribution is 5.83. The van der Waals surface area contributed by atoms with E-state index in [1.54, 1.807) is 44.6 Å². The van der Waals surface area contributed by atoms with Crippen molar-refractivity contribution in [2.75, 3.05) is 31.4 Å². The minimum atomic E-state index is -0.994. The number of carbonyl (C=O) groups is 2. The van der Waals surface area contributed by atoms with Crippen LogP contribution in [0.4, 0.5) is 16.6 Å². The van der Waals surface area contributed by atoms with Crippen molar-refractivity contribution in [1.82, 2.24) is 14.9 Å². The zero-order valence-electron chi connectivity index (χ0n) is 21.6. The second-order valence-electron chi connectivity index (χ2n) is 9.59. The van der Waals surface area contributed by atoms with Gasteiger partial charge in [0.1, 0.15) is 17.6 Å². The maximum atomic E-state index is 12.3. The molecular weight excluding hydrogens is 470 g/mol. The Morgan fingerprint density at radius 1 is 1.08 bits per heavy atom. The van der Waals surface area contributed by atoms with Crippen LogP contribution in [-0.4, -0.2) is 65.3 Å². The van der Waals surface area contributed by atoms with Gasteiger partial charge in [0.25, 0.3) is 0 Å². The lowest BCUT2D eigenvalue weighted by atomic mass is 9.92. The highest BCUT2D eigenvalue weighted by Crippen LogP contribution is 2.32. The zero-order valence-corrected chi connectivity index (χ0v) is 21.6. The lowest BCUT2D eigenvalue weighted by Gasteiger charge is -2.35. The maximum Gasteiger partial charge on any atom is 0.414 e. The minimum Gasteiger partial charge on any atom is -0.480 e. The summed E-state index contributed by atoms with van der Waals surface area (Å²) in [6, 6.07) is 14.2. The largest absolute Gasteiger partial charge is 0.480 e. The van der Waals surface area contributed by atoms with Gasteiger partial charge in [-0.2, -0.15) is 4.98 Å². The first-order valence-corrected chi connectivity index (χ1v) is 12.4. The molecule has 1 aliphatic carbocycles. The van der Waals surface area contributed by atoms with Gasteiger partial charge in [0.2, 0.25) is 5.95 Å². The van der Waals surface area contributed by atoms with E-state index in [1.807, 2.05) is 38.2 Å². The molecule has 0 saturated heterocycles. The first-order valence-electron chi connectivity index (χ1n) is 12.4. The number of anilines is 2. The summed E-state index contributed by atoms with van der Waals surface area (Å²) in [5.74, 6) is 0.449. The molecular formula is C28H33N5O4. The molecule has 4 rings (SSSR count). The number of aliphatic carboxylic acids is 1. The van der Waals surface area contributed by atoms with Crippen LogP contribution >= 0.6 is 0 Å². The third-order valence-corrected chi connectivity index (χ3v) is 6.69. The summed E-state index contributed by atoms with van der Waals surface area (Å²) in [4.78, 5) is 36.9. The lowest BCUT2D eigenvalue weighted by Crippen LogP contribution is -2.38. The summed E-state index contributed by atoms with van der Waals surface area (Å²) in [6.45, 7) is 2.01. The number of carboxylic acids is 1. The average Bonchev–Trinajstić information content (AvgIpc) is 2.84. The molecule has 0 bridgehead atoms. The van der Waals surface area contributed by atoms with Gasteiger partial charge < -0.3 is 25.0 Å². The molecule has 1 saturated carbocycles. The molecule has 1 aromatic heterocycles. The second kappa shape index (κ2) is 11.3. The summed E-state index contributed by atoms with van der Waals surface area (Å²) in [5.41, 5.74) is 3.52. The van der Waals surface area contributed by atoms with Crippen LogP contribution in [0.5, 0.6) is 5.75 Å². The molecule has 1 heterocycles. The molecule has 9 nitrogen and oxygen atoms in total. The Balaban J connectivity index is 1.61. The summed E-state index contributed by atoms with van der Waals surface area (Å²) in [5, 5.41) is 13.3. The van der Waals surface area contributed by atoms with Crippen molar-refractivity contribution in [1.29, 1.82) is 0 Å². The van der Waals surface area contributed by atoms with Crippen LogP contribution in [0.15, 0.2) is 54.7 Å². The van der Waals surface area contributed by atoms with E-state index in [1.165, 1.54) is 11.3 Å². The molecule has 37 heavy (non-hydrogen) atoms. The van der Waals surface area contributed by atoms with Crippen molar-refractivity contribution in [3.8, 4) is 16.9 Å². The Bertz CT molecular complexity index is 1260. The molecule has 0 unspecified atom stereocenters. The summed E-state index contributed by atoms with van der Waals surface area (Å²) < 4.78 is 5.26. The Kier molecular flexibility index (Phi) is 7.91. The number of nitrogens with zero attached hydrogens (tertiary/aromatic N) is 4. The van der Waals surface area contributed by atoms with E-state index in [4.69, 9.17) is 9.72 Å². The molecule has 9 heteroatoms. The third-order valence-electron chi connectivity index (χ3n) is 6.69. The minimum absolute atomic E-state index is 0.211. The second-order valence-corrected chi connectivity index (χ2v) is 9.59. The molecule has 1 amide bonds. The molecule has 2 N–H and O–H groups in total. The fourth-order valence-corrected chi connectivity index (χ4v) is 4.15. The van der Waals surface area contributed by atoms with Crippen molar-refractivity contribution in [3.63, 3.8) is 0 Å². The number of rotatable bonds is 9. The van der Waals surface area contributed by atoms with Crippen LogP contribution in [0.3, 0.4) is 0 Å². The van der Waals surface area contributed by atoms with Crippen LogP contribution < -0.4 is 15.0 Å². The Labute approximate surface area is 217 Å². The number of aromatic nitrogens is 2. The van der Waals surface area contributed by atoms with Gasteiger partial charge in [-0.15, -0.1) is 0 Å². The van der Waals surface area contributed by atoms with Crippen molar-refractivity contribution in [2.24, 2.45) is 0 Å². The Morgan fingerprint density at radius 2 is 1.78 bits per heavy atom. The van der Waals surface area contributed by atoms with E-state index in [2.05, 4.69) is 15.2 Å². The topological polar surface area (TPSA) is 108 Å². The van der Waals surface area contributed by atoms with E-state index >= 15 is 0 Å². The normalized spacial score (nSPS) is 13.8. The lowest BCUT2D eigenvalue weighted by molar-refractivity contribution is -0.137. The first kappa shape index (κ1) is 25.9. The quantitative estimate of drug-likeness (QED) is 0.436. The maximum absolute atomic E-state index is 12.3. The smallest absolute Gasteiger partial charge is 0.414 e. The average molecular weight is 504 g/mol. The van der Waals surface area contributed by atoms with Crippen molar-refractivity contribution < 1.29 is 19.4 Å². The van der Waals surface area contributed by atoms with Crippen LogP contribution in [0.2, 0.25) is 0 Å². The number of hydrogen-bond donors (Lipinski definition) is 2. The zero-order chi connectivity index (χ0) is 26.5. The molecule has 1 aliphatic rings. The first-order chi connectivity index (χ1) is 17.7. The fraction of sp³-hybridized carbons (Fsp3) is 0.357. The van der Waals surface area contributed by atoms with E-state index < -0.39 is 18.1 Å². The number of carbonyl (C=O) groups excluding carboxylic acids is 1. The van der Waals surface area contributed by atoms with Gasteiger partial charge in [-0.1, -0.05) is 36.4 Å². The summed E-state index contributed by atoms with van der Waals surface area (Å²) in [6.07, 6.45) is 4.89. The number of aryl methyl sites for hydroxylation is 1. The van der Waals surface area contributed by atoms with Gasteiger partial charge in [-0.05, 0) is 55.0 Å². The molecule has 0 radical (unpaired) electrons. The van der Waals surface area contributed by atoms with Crippen LogP contribution in [0, 0.1) is 6.92 Å². The summed E-state index contributed by atoms with van der Waals surface area (Å²) >= 11 is 0. The van der Waals surface area contributed by atoms with Crippen LogP contribution in [0.25, 0.3) is 11.1 Å². The van der Waals surface area contributed by atoms with Crippen molar-refractivity contribution >= 4 is 23.8 Å². The number of benzene rings is 2. The SMILES string of the molecule is Cc1ccccc1-c1cnc(N(C)C2CCC2)nc1N[C@@H](Cc1ccc(OC(=O)N(C)C)cc1)C(=O)O. The van der Waals surface area contributed by atoms with Gasteiger partial charge >= 0.3 is 12.1 Å². The molecule has 1 fully saturated rings. The highest BCUT2D eigenvalue weighted by Gasteiger charge is 2.26. The monoisotopic (exact) mass is 503 g/mol. The Morgan fingerprint density at radius 3 is 2.38 bits per heavy atom. The summed E-state index contributed by atoms with van der Waals surface area (Å²) in [7, 11) is 5.19. The van der Waals surface area contributed by atoms with Gasteiger partial charge in [-0.25, -0.2) is 14.6 Å². The number of ether oxygens (including phenoxy) is 1. The highest BCUT2D eigenvalue weighted by atomic mass is 16.6. The van der Waals surface area contributed by atoms with Crippen molar-refractivity contribution in [3.05, 3.63) is 65.9 Å². The fourth-order valence-electron chi connectivity index (χ4n) is 4.15. The molecule has 1 atom stereocenters. The number of amides is 1. The molecule has 0 aliphatic heterocycles. The predicted molar refractivity (Wildman–Crippen MR) is 143 cm³/mol. The van der Waals surface area contributed by atoms with Gasteiger partial charge in [0.05, 0.1) is 0 Å². The molecule has 194 valence electrons. The number of hydrogen-bond acceptors (Lipinski definition) is 7. The molecule has 0 spiro atoms. The predicted octanol–water partition coefficient (Wildman–Crippen LogP) is 4.61. The van der Waals surface area contributed by atoms with E-state index in [-0.39, 0.29) is 6.42 Å². The van der Waals surface area contributed by atoms with Gasteiger partial charge in [0.15, 0.2) is 0 Å². The van der Waals surface area contributed by atoms with E-state index in [0.29, 0.717) is 23.6 Å². The van der Waals surface area contributed by atoms with Crippen LogP contribution in [-0.2, 0) is 11.2 Å². The Hall–Kier alpha value is -4.14. The van der Waals surface area contributed by atoms with Crippen molar-refractivity contribution in [2.45, 2.75) is 44.7 Å². The molecule has 2 aromatic carbocycles. The number of carboxylic acid groups (broad SMARTS) is 1. The third kappa shape index (κ3) is 6.17.